The molecule has 0 aliphatic rings. The highest BCUT2D eigenvalue weighted by atomic mass is 35.5. The number of hydrogen-bond acceptors (Lipinski definition) is 8. The van der Waals surface area contributed by atoms with E-state index in [0.29, 0.717) is 0 Å². The molecule has 0 saturated heterocycles. The van der Waals surface area contributed by atoms with Gasteiger partial charge in [0.1, 0.15) is 20.0 Å². The second-order valence-electron chi connectivity index (χ2n) is 6.90. The number of anilines is 2. The molecule has 1 atom stereocenters. The predicted molar refractivity (Wildman–Crippen MR) is 129 cm³/mol. The van der Waals surface area contributed by atoms with Crippen LogP contribution >= 0.6 is 22.9 Å². The van der Waals surface area contributed by atoms with E-state index in [1.165, 1.54) is 49.5 Å². The van der Waals surface area contributed by atoms with Crippen molar-refractivity contribution in [1.82, 2.24) is 9.55 Å². The molecule has 2 aromatic carbocycles. The Kier molecular flexibility index (Phi) is 6.47. The lowest BCUT2D eigenvalue weighted by Crippen LogP contribution is -2.33. The molecule has 0 spiro atoms. The number of benzene rings is 2. The summed E-state index contributed by atoms with van der Waals surface area (Å²) in [5.41, 5.74) is -0.727. The molecule has 34 heavy (non-hydrogen) atoms. The van der Waals surface area contributed by atoms with Gasteiger partial charge in [0, 0.05) is 19.1 Å². The van der Waals surface area contributed by atoms with Crippen LogP contribution in [0.1, 0.15) is 0 Å². The maximum Gasteiger partial charge on any atom is 0.333 e. The van der Waals surface area contributed by atoms with Crippen molar-refractivity contribution in [2.24, 2.45) is 0 Å². The molecule has 10 nitrogen and oxygen atoms in total. The van der Waals surface area contributed by atoms with E-state index in [2.05, 4.69) is 20.3 Å². The summed E-state index contributed by atoms with van der Waals surface area (Å²) in [5, 5.41) is 15.1. The molecule has 0 radical (unpaired) electrons. The fourth-order valence-electron chi connectivity index (χ4n) is 3.17. The van der Waals surface area contributed by atoms with Crippen LogP contribution in [-0.4, -0.2) is 36.5 Å². The lowest BCUT2D eigenvalue weighted by atomic mass is 10.2. The number of H-pyrrole nitrogens is 1. The third kappa shape index (κ3) is 4.69. The number of hydrogen-bond donors (Lipinski definition) is 4. The highest BCUT2D eigenvalue weighted by Gasteiger charge is 2.14. The van der Waals surface area contributed by atoms with Crippen molar-refractivity contribution < 1.29 is 17.9 Å². The number of aliphatic hydroxyl groups excluding tert-OH is 1. The third-order valence-corrected chi connectivity index (χ3v) is 7.75. The molecule has 4 N–H and O–H groups in total. The van der Waals surface area contributed by atoms with Gasteiger partial charge in [-0.05, 0) is 48.5 Å². The Bertz CT molecular complexity index is 1600. The van der Waals surface area contributed by atoms with Crippen molar-refractivity contribution >= 4 is 55.2 Å². The SMILES string of the molecule is CNc1cc2[nH]c(=O)n(-c3ccc(NC(O)[N-]S(=O)(=O)c4ccc(Cl)s4)cc3)c(=O)c2cc1F. The fraction of sp³-hybridized carbons (Fsp3) is 0.100. The van der Waals surface area contributed by atoms with Gasteiger partial charge in [-0.25, -0.2) is 22.2 Å². The summed E-state index contributed by atoms with van der Waals surface area (Å²) in [4.78, 5) is 28.0. The average molecular weight is 525 g/mol. The van der Waals surface area contributed by atoms with Gasteiger partial charge in [0.2, 0.25) is 0 Å². The number of rotatable bonds is 7. The van der Waals surface area contributed by atoms with Gasteiger partial charge in [-0.2, -0.15) is 0 Å². The lowest BCUT2D eigenvalue weighted by molar-refractivity contribution is 0.247. The molecule has 178 valence electrons. The number of halogens is 2. The molecular formula is C20H16ClFN5O5S2-. The Morgan fingerprint density at radius 2 is 1.88 bits per heavy atom. The third-order valence-electron chi connectivity index (χ3n) is 4.72. The van der Waals surface area contributed by atoms with E-state index in [0.717, 1.165) is 22.0 Å². The predicted octanol–water partition coefficient (Wildman–Crippen LogP) is 3.03. The van der Waals surface area contributed by atoms with Gasteiger partial charge in [-0.1, -0.05) is 11.6 Å². The molecular weight excluding hydrogens is 509 g/mol. The standard InChI is InChI=1S/C20H16ClFN5O5S2/c1-23-15-9-14-12(8-13(15)22)18(28)27(20(30)25-14)11-4-2-10(3-5-11)24-19(29)26-34(31,32)17-7-6-16(21)33-17/h2-9,19,24,29H,1H3,(H2,23,25,28,30)/q-1. The second-order valence-corrected chi connectivity index (χ2v) is 10.5. The minimum absolute atomic E-state index is 0.0218. The van der Waals surface area contributed by atoms with Crippen molar-refractivity contribution in [3.63, 3.8) is 0 Å². The molecule has 2 heterocycles. The number of thiophene rings is 1. The van der Waals surface area contributed by atoms with E-state index in [9.17, 15) is 27.5 Å². The lowest BCUT2D eigenvalue weighted by Gasteiger charge is -2.27. The van der Waals surface area contributed by atoms with Crippen LogP contribution in [-0.2, 0) is 10.0 Å². The van der Waals surface area contributed by atoms with Crippen LogP contribution in [0.25, 0.3) is 21.3 Å². The normalized spacial score (nSPS) is 12.6. The highest BCUT2D eigenvalue weighted by Crippen LogP contribution is 2.29. The van der Waals surface area contributed by atoms with Gasteiger partial charge in [0.05, 0.1) is 26.6 Å². The van der Waals surface area contributed by atoms with Crippen LogP contribution in [0, 0.1) is 5.82 Å². The molecule has 0 amide bonds. The number of aromatic amines is 1. The molecule has 4 aromatic rings. The topological polar surface area (TPSA) is 147 Å². The van der Waals surface area contributed by atoms with Gasteiger partial charge < -0.3 is 25.4 Å². The van der Waals surface area contributed by atoms with E-state index in [-0.39, 0.29) is 36.5 Å². The van der Waals surface area contributed by atoms with E-state index >= 15 is 0 Å². The minimum Gasteiger partial charge on any atom is -0.501 e. The first-order chi connectivity index (χ1) is 16.1. The molecule has 0 fully saturated rings. The number of fused-ring (bicyclic) bond motifs is 1. The maximum absolute atomic E-state index is 14.1. The summed E-state index contributed by atoms with van der Waals surface area (Å²) in [7, 11) is -2.62. The summed E-state index contributed by atoms with van der Waals surface area (Å²) in [5.74, 6) is -0.650. The molecule has 1 unspecified atom stereocenters. The first-order valence-corrected chi connectivity index (χ1v) is 12.2. The van der Waals surface area contributed by atoms with Gasteiger partial charge in [0.15, 0.2) is 0 Å². The molecule has 4 rings (SSSR count). The zero-order valence-corrected chi connectivity index (χ0v) is 19.6. The van der Waals surface area contributed by atoms with E-state index in [1.807, 2.05) is 0 Å². The molecule has 0 saturated carbocycles. The molecule has 14 heteroatoms. The summed E-state index contributed by atoms with van der Waals surface area (Å²) < 4.78 is 42.9. The molecule has 2 aromatic heterocycles. The fourth-order valence-corrected chi connectivity index (χ4v) is 5.56. The van der Waals surface area contributed by atoms with E-state index in [1.54, 1.807) is 0 Å². The molecule has 0 aliphatic carbocycles. The Morgan fingerprint density at radius 3 is 2.50 bits per heavy atom. The van der Waals surface area contributed by atoms with Crippen LogP contribution < -0.4 is 21.9 Å². The zero-order valence-electron chi connectivity index (χ0n) is 17.2. The highest BCUT2D eigenvalue weighted by molar-refractivity contribution is 7.96. The summed E-state index contributed by atoms with van der Waals surface area (Å²) in [6.07, 6.45) is -1.80. The maximum atomic E-state index is 14.1. The van der Waals surface area contributed by atoms with Crippen molar-refractivity contribution in [3.05, 3.63) is 84.2 Å². The Morgan fingerprint density at radius 1 is 1.18 bits per heavy atom. The quantitative estimate of drug-likeness (QED) is 0.272. The molecule has 0 bridgehead atoms. The van der Waals surface area contributed by atoms with E-state index in [4.69, 9.17) is 11.6 Å². The second kappa shape index (κ2) is 9.19. The van der Waals surface area contributed by atoms with Crippen LogP contribution in [0.2, 0.25) is 4.34 Å². The Labute approximate surface area is 200 Å². The van der Waals surface area contributed by atoms with Gasteiger partial charge in [-0.3, -0.25) is 4.79 Å². The van der Waals surface area contributed by atoms with Crippen LogP contribution in [0.15, 0.2) is 62.3 Å². The Hall–Kier alpha value is -3.23. The zero-order chi connectivity index (χ0) is 24.6. The number of sulfonamides is 1. The van der Waals surface area contributed by atoms with Crippen molar-refractivity contribution in [2.45, 2.75) is 10.6 Å². The van der Waals surface area contributed by atoms with Gasteiger partial charge in [-0.15, -0.1) is 11.3 Å². The van der Waals surface area contributed by atoms with Crippen molar-refractivity contribution in [3.8, 4) is 5.69 Å². The number of nitrogens with zero attached hydrogens (tertiary/aromatic N) is 2. The number of nitrogens with one attached hydrogen (secondary N) is 3. The smallest absolute Gasteiger partial charge is 0.333 e. The van der Waals surface area contributed by atoms with Gasteiger partial charge in [0.25, 0.3) is 5.56 Å². The average Bonchev–Trinajstić information content (AvgIpc) is 3.22. The van der Waals surface area contributed by atoms with Crippen molar-refractivity contribution in [2.75, 3.05) is 17.7 Å². The van der Waals surface area contributed by atoms with Crippen LogP contribution in [0.3, 0.4) is 0 Å². The monoisotopic (exact) mass is 524 g/mol. The summed E-state index contributed by atoms with van der Waals surface area (Å²) in [6.45, 7) is 0. The van der Waals surface area contributed by atoms with Crippen LogP contribution in [0.5, 0.6) is 0 Å². The first-order valence-electron chi connectivity index (χ1n) is 9.53. The van der Waals surface area contributed by atoms with Gasteiger partial charge >= 0.3 is 5.69 Å². The number of aromatic nitrogens is 2. The Balaban J connectivity index is 1.58. The van der Waals surface area contributed by atoms with Crippen LogP contribution in [0.4, 0.5) is 15.8 Å². The summed E-state index contributed by atoms with van der Waals surface area (Å²) >= 11 is 6.54. The summed E-state index contributed by atoms with van der Waals surface area (Å²) in [6, 6.07) is 10.6. The van der Waals surface area contributed by atoms with E-state index < -0.39 is 33.4 Å². The first kappa shape index (κ1) is 23.9. The molecule has 0 aliphatic heterocycles. The minimum atomic E-state index is -4.13. The number of aliphatic hydroxyl groups is 1. The van der Waals surface area contributed by atoms with Crippen molar-refractivity contribution in [1.29, 1.82) is 0 Å². The largest absolute Gasteiger partial charge is 0.501 e.